The zero-order chi connectivity index (χ0) is 12.6. The van der Waals surface area contributed by atoms with Crippen LogP contribution in [0.3, 0.4) is 0 Å². The van der Waals surface area contributed by atoms with Gasteiger partial charge >= 0.3 is 0 Å². The van der Waals surface area contributed by atoms with Crippen molar-refractivity contribution in [3.63, 3.8) is 0 Å². The predicted molar refractivity (Wildman–Crippen MR) is 72.4 cm³/mol. The lowest BCUT2D eigenvalue weighted by Crippen LogP contribution is -2.55. The molecule has 94 valence electrons. The van der Waals surface area contributed by atoms with Gasteiger partial charge in [-0.1, -0.05) is 45.8 Å². The van der Waals surface area contributed by atoms with Gasteiger partial charge in [0.1, 0.15) is 0 Å². The number of hydrogen-bond acceptors (Lipinski definition) is 2. The molecule has 0 radical (unpaired) electrons. The molecule has 0 aliphatic rings. The number of nitrogens with one attached hydrogen (secondary N) is 1. The largest absolute Gasteiger partial charge is 0.391 e. The summed E-state index contributed by atoms with van der Waals surface area (Å²) in [6.07, 6.45) is 5.21. The number of carbonyl (C=O) groups excluding carboxylic acids is 1. The maximum absolute atomic E-state index is 11.7. The van der Waals surface area contributed by atoms with Gasteiger partial charge in [0.2, 0.25) is 5.91 Å². The van der Waals surface area contributed by atoms with Crippen LogP contribution >= 0.6 is 12.2 Å². The van der Waals surface area contributed by atoms with Gasteiger partial charge in [0.15, 0.2) is 0 Å². The van der Waals surface area contributed by atoms with Crippen LogP contribution < -0.4 is 11.1 Å². The van der Waals surface area contributed by atoms with Crippen LogP contribution in [-0.2, 0) is 4.79 Å². The van der Waals surface area contributed by atoms with Crippen molar-refractivity contribution < 1.29 is 4.79 Å². The molecule has 0 spiro atoms. The lowest BCUT2D eigenvalue weighted by molar-refractivity contribution is -0.122. The molecule has 0 aromatic carbocycles. The second-order valence-corrected chi connectivity index (χ2v) is 4.60. The molecule has 0 fully saturated rings. The number of carbonyl (C=O) groups is 1. The third kappa shape index (κ3) is 4.47. The van der Waals surface area contributed by atoms with Crippen LogP contribution in [0, 0.1) is 0 Å². The molecule has 0 rings (SSSR count). The van der Waals surface area contributed by atoms with E-state index in [0.29, 0.717) is 11.4 Å². The van der Waals surface area contributed by atoms with E-state index in [-0.39, 0.29) is 5.91 Å². The molecule has 0 aliphatic carbocycles. The minimum absolute atomic E-state index is 0.0601. The monoisotopic (exact) mass is 244 g/mol. The lowest BCUT2D eigenvalue weighted by Gasteiger charge is -2.31. The average Bonchev–Trinajstić information content (AvgIpc) is 2.26. The number of nitrogens with two attached hydrogens (primary N) is 1. The van der Waals surface area contributed by atoms with Crippen LogP contribution in [0.15, 0.2) is 0 Å². The molecule has 0 saturated heterocycles. The van der Waals surface area contributed by atoms with Gasteiger partial charge in [-0.3, -0.25) is 4.79 Å². The number of amides is 1. The van der Waals surface area contributed by atoms with Crippen molar-refractivity contribution in [1.82, 2.24) is 5.32 Å². The van der Waals surface area contributed by atoms with E-state index in [4.69, 9.17) is 18.0 Å². The molecular weight excluding hydrogens is 220 g/mol. The highest BCUT2D eigenvalue weighted by molar-refractivity contribution is 7.80. The van der Waals surface area contributed by atoms with Gasteiger partial charge in [0, 0.05) is 6.42 Å². The second kappa shape index (κ2) is 7.60. The third-order valence-corrected chi connectivity index (χ3v) is 3.46. The zero-order valence-electron chi connectivity index (χ0n) is 10.6. The first-order valence-electron chi connectivity index (χ1n) is 6.13. The first-order chi connectivity index (χ1) is 7.52. The third-order valence-electron chi connectivity index (χ3n) is 3.06. The van der Waals surface area contributed by atoms with Crippen molar-refractivity contribution in [2.45, 2.75) is 64.8 Å². The molecule has 0 aliphatic heterocycles. The van der Waals surface area contributed by atoms with Crippen molar-refractivity contribution in [2.75, 3.05) is 0 Å². The van der Waals surface area contributed by atoms with Gasteiger partial charge in [0.25, 0.3) is 0 Å². The van der Waals surface area contributed by atoms with E-state index in [1.165, 1.54) is 0 Å². The first kappa shape index (κ1) is 15.4. The summed E-state index contributed by atoms with van der Waals surface area (Å²) >= 11 is 5.04. The van der Waals surface area contributed by atoms with E-state index in [0.717, 1.165) is 32.1 Å². The van der Waals surface area contributed by atoms with Gasteiger partial charge < -0.3 is 11.1 Å². The Morgan fingerprint density at radius 1 is 1.25 bits per heavy atom. The van der Waals surface area contributed by atoms with E-state index in [1.807, 2.05) is 13.8 Å². The van der Waals surface area contributed by atoms with E-state index in [2.05, 4.69) is 12.2 Å². The second-order valence-electron chi connectivity index (χ2n) is 4.16. The summed E-state index contributed by atoms with van der Waals surface area (Å²) in [6.45, 7) is 6.11. The predicted octanol–water partition coefficient (Wildman–Crippen LogP) is 2.53. The van der Waals surface area contributed by atoms with Gasteiger partial charge in [-0.05, 0) is 19.3 Å². The molecule has 0 aromatic heterocycles. The van der Waals surface area contributed by atoms with Crippen LogP contribution in [0.2, 0.25) is 0 Å². The Morgan fingerprint density at radius 2 is 1.81 bits per heavy atom. The molecule has 4 heteroatoms. The SMILES string of the molecule is CCCCCC(=O)NC(CC)(CC)C(N)=S. The molecule has 0 atom stereocenters. The molecule has 0 unspecified atom stereocenters. The molecule has 3 N–H and O–H groups in total. The summed E-state index contributed by atoms with van der Waals surface area (Å²) in [6, 6.07) is 0. The summed E-state index contributed by atoms with van der Waals surface area (Å²) < 4.78 is 0. The molecule has 0 aromatic rings. The van der Waals surface area contributed by atoms with Crippen LogP contribution in [0.5, 0.6) is 0 Å². The lowest BCUT2D eigenvalue weighted by atomic mass is 9.92. The standard InChI is InChI=1S/C12H24N2OS/c1-4-7-8-9-10(15)14-12(5-2,6-3)11(13)16/h4-9H2,1-3H3,(H2,13,16)(H,14,15). The minimum atomic E-state index is -0.487. The maximum atomic E-state index is 11.7. The molecule has 0 bridgehead atoms. The Morgan fingerprint density at radius 3 is 2.19 bits per heavy atom. The highest BCUT2D eigenvalue weighted by Gasteiger charge is 2.30. The van der Waals surface area contributed by atoms with Crippen LogP contribution in [-0.4, -0.2) is 16.4 Å². The van der Waals surface area contributed by atoms with E-state index in [9.17, 15) is 4.79 Å². The molecular formula is C12H24N2OS. The number of rotatable bonds is 8. The number of thiocarbonyl (C=S) groups is 1. The van der Waals surface area contributed by atoms with Crippen molar-refractivity contribution in [2.24, 2.45) is 5.73 Å². The highest BCUT2D eigenvalue weighted by Crippen LogP contribution is 2.16. The molecule has 3 nitrogen and oxygen atoms in total. The minimum Gasteiger partial charge on any atom is -0.391 e. The normalized spacial score (nSPS) is 11.2. The molecule has 16 heavy (non-hydrogen) atoms. The van der Waals surface area contributed by atoms with Gasteiger partial charge in [0.05, 0.1) is 10.5 Å². The van der Waals surface area contributed by atoms with Crippen molar-refractivity contribution in [1.29, 1.82) is 0 Å². The Hall–Kier alpha value is -0.640. The van der Waals surface area contributed by atoms with Crippen molar-refractivity contribution in [3.8, 4) is 0 Å². The van der Waals surface area contributed by atoms with Gasteiger partial charge in [-0.25, -0.2) is 0 Å². The van der Waals surface area contributed by atoms with E-state index >= 15 is 0 Å². The summed E-state index contributed by atoms with van der Waals surface area (Å²) in [5, 5.41) is 2.98. The summed E-state index contributed by atoms with van der Waals surface area (Å²) in [5.41, 5.74) is 5.23. The summed E-state index contributed by atoms with van der Waals surface area (Å²) in [4.78, 5) is 12.1. The fraction of sp³-hybridized carbons (Fsp3) is 0.833. The molecule has 0 saturated carbocycles. The summed E-state index contributed by atoms with van der Waals surface area (Å²) in [5.74, 6) is 0.0601. The number of unbranched alkanes of at least 4 members (excludes halogenated alkanes) is 2. The van der Waals surface area contributed by atoms with E-state index in [1.54, 1.807) is 0 Å². The van der Waals surface area contributed by atoms with Gasteiger partial charge in [-0.2, -0.15) is 0 Å². The fourth-order valence-corrected chi connectivity index (χ4v) is 2.04. The van der Waals surface area contributed by atoms with Gasteiger partial charge in [-0.15, -0.1) is 0 Å². The Kier molecular flexibility index (Phi) is 7.30. The summed E-state index contributed by atoms with van der Waals surface area (Å²) in [7, 11) is 0. The van der Waals surface area contributed by atoms with Crippen LogP contribution in [0.1, 0.15) is 59.3 Å². The van der Waals surface area contributed by atoms with Crippen LogP contribution in [0.4, 0.5) is 0 Å². The molecule has 1 amide bonds. The average molecular weight is 244 g/mol. The molecule has 0 heterocycles. The Balaban J connectivity index is 4.29. The van der Waals surface area contributed by atoms with Crippen molar-refractivity contribution in [3.05, 3.63) is 0 Å². The smallest absolute Gasteiger partial charge is 0.220 e. The van der Waals surface area contributed by atoms with Crippen LogP contribution in [0.25, 0.3) is 0 Å². The van der Waals surface area contributed by atoms with Crippen molar-refractivity contribution >= 4 is 23.1 Å². The van der Waals surface area contributed by atoms with E-state index < -0.39 is 5.54 Å². The fourth-order valence-electron chi connectivity index (χ4n) is 1.70. The topological polar surface area (TPSA) is 55.1 Å². The first-order valence-corrected chi connectivity index (χ1v) is 6.54. The number of hydrogen-bond donors (Lipinski definition) is 2. The maximum Gasteiger partial charge on any atom is 0.220 e. The Labute approximate surface area is 104 Å². The Bertz CT molecular complexity index is 237. The quantitative estimate of drug-likeness (QED) is 0.509. The highest BCUT2D eigenvalue weighted by atomic mass is 32.1. The zero-order valence-corrected chi connectivity index (χ0v) is 11.5.